The summed E-state index contributed by atoms with van der Waals surface area (Å²) in [5.74, 6) is -2.16. The highest BCUT2D eigenvalue weighted by Crippen LogP contribution is 2.38. The first-order chi connectivity index (χ1) is 19.1. The maximum absolute atomic E-state index is 13.4. The van der Waals surface area contributed by atoms with Crippen molar-refractivity contribution in [3.63, 3.8) is 0 Å². The van der Waals surface area contributed by atoms with E-state index in [1.165, 1.54) is 24.3 Å². The van der Waals surface area contributed by atoms with Crippen LogP contribution in [0.3, 0.4) is 0 Å². The molecular weight excluding hydrogens is 585 g/mol. The predicted octanol–water partition coefficient (Wildman–Crippen LogP) is 5.29. The minimum Gasteiger partial charge on any atom is -0.490 e. The van der Waals surface area contributed by atoms with Crippen LogP contribution in [0.1, 0.15) is 23.6 Å². The second-order valence-electron chi connectivity index (χ2n) is 8.85. The normalized spacial score (nSPS) is 14.3. The molecule has 0 spiro atoms. The number of benzene rings is 3. The van der Waals surface area contributed by atoms with Gasteiger partial charge in [0.15, 0.2) is 18.1 Å². The summed E-state index contributed by atoms with van der Waals surface area (Å²) in [5, 5.41) is 4.94. The molecule has 1 heterocycles. The van der Waals surface area contributed by atoms with Crippen molar-refractivity contribution in [3.8, 4) is 11.5 Å². The van der Waals surface area contributed by atoms with Crippen LogP contribution in [0.2, 0.25) is 0 Å². The molecule has 1 fully saturated rings. The monoisotopic (exact) mass is 609 g/mol. The molecule has 1 saturated heterocycles. The van der Waals surface area contributed by atoms with Crippen LogP contribution in [0.15, 0.2) is 64.6 Å². The van der Waals surface area contributed by atoms with Gasteiger partial charge in [0.2, 0.25) is 0 Å². The van der Waals surface area contributed by atoms with Crippen molar-refractivity contribution in [1.29, 1.82) is 0 Å². The molecule has 40 heavy (non-hydrogen) atoms. The lowest BCUT2D eigenvalue weighted by Crippen LogP contribution is -2.54. The van der Waals surface area contributed by atoms with Crippen LogP contribution in [0.4, 0.5) is 20.6 Å². The van der Waals surface area contributed by atoms with Crippen molar-refractivity contribution in [1.82, 2.24) is 5.32 Å². The zero-order valence-electron chi connectivity index (χ0n) is 21.8. The number of carbonyl (C=O) groups is 4. The quantitative estimate of drug-likeness (QED) is 0.265. The van der Waals surface area contributed by atoms with Crippen LogP contribution in [0.25, 0.3) is 6.08 Å². The lowest BCUT2D eigenvalue weighted by molar-refractivity contribution is -0.122. The molecule has 1 aliphatic heterocycles. The molecule has 0 bridgehead atoms. The largest absolute Gasteiger partial charge is 0.490 e. The molecule has 3 aromatic carbocycles. The maximum Gasteiger partial charge on any atom is 0.335 e. The average molecular weight is 610 g/mol. The number of carbonyl (C=O) groups excluding carboxylic acids is 4. The van der Waals surface area contributed by atoms with Crippen molar-refractivity contribution >= 4 is 57.1 Å². The van der Waals surface area contributed by atoms with E-state index in [0.717, 1.165) is 28.2 Å². The van der Waals surface area contributed by atoms with Crippen LogP contribution in [-0.4, -0.2) is 37.0 Å². The summed E-state index contributed by atoms with van der Waals surface area (Å²) in [4.78, 5) is 51.4. The van der Waals surface area contributed by atoms with E-state index in [-0.39, 0.29) is 41.9 Å². The van der Waals surface area contributed by atoms with Gasteiger partial charge < -0.3 is 14.8 Å². The van der Waals surface area contributed by atoms with Gasteiger partial charge in [-0.25, -0.2) is 14.1 Å². The lowest BCUT2D eigenvalue weighted by Gasteiger charge is -2.26. The van der Waals surface area contributed by atoms with Gasteiger partial charge >= 0.3 is 6.03 Å². The van der Waals surface area contributed by atoms with Gasteiger partial charge in [0.05, 0.1) is 16.8 Å². The Hall–Kier alpha value is -4.51. The molecule has 0 aliphatic carbocycles. The smallest absolute Gasteiger partial charge is 0.335 e. The summed E-state index contributed by atoms with van der Waals surface area (Å²) >= 11 is 3.41. The van der Waals surface area contributed by atoms with Crippen molar-refractivity contribution in [2.24, 2.45) is 0 Å². The average Bonchev–Trinajstić information content (AvgIpc) is 2.89. The number of imide groups is 2. The van der Waals surface area contributed by atoms with E-state index in [1.807, 2.05) is 32.0 Å². The number of aryl methyl sites for hydroxylation is 2. The number of nitrogens with one attached hydrogen (secondary N) is 2. The predicted molar refractivity (Wildman–Crippen MR) is 151 cm³/mol. The molecule has 1 aliphatic rings. The van der Waals surface area contributed by atoms with E-state index in [0.29, 0.717) is 15.7 Å². The topological polar surface area (TPSA) is 114 Å². The number of nitrogens with zero attached hydrogens (tertiary/aromatic N) is 1. The number of amides is 5. The van der Waals surface area contributed by atoms with E-state index in [4.69, 9.17) is 9.47 Å². The molecule has 4 rings (SSSR count). The molecule has 5 amide bonds. The zero-order valence-corrected chi connectivity index (χ0v) is 23.4. The number of urea groups is 1. The third-order valence-corrected chi connectivity index (χ3v) is 6.42. The molecule has 9 nitrogen and oxygen atoms in total. The second kappa shape index (κ2) is 12.1. The summed E-state index contributed by atoms with van der Waals surface area (Å²) in [7, 11) is 0. The Kier molecular flexibility index (Phi) is 8.64. The number of rotatable bonds is 8. The van der Waals surface area contributed by atoms with Crippen molar-refractivity contribution < 1.29 is 33.0 Å². The molecule has 0 atom stereocenters. The van der Waals surface area contributed by atoms with Crippen molar-refractivity contribution in [2.45, 2.75) is 20.8 Å². The van der Waals surface area contributed by atoms with E-state index in [9.17, 15) is 23.6 Å². The summed E-state index contributed by atoms with van der Waals surface area (Å²) in [5.41, 5.74) is 2.83. The molecule has 2 N–H and O–H groups in total. The highest BCUT2D eigenvalue weighted by molar-refractivity contribution is 9.10. The van der Waals surface area contributed by atoms with Gasteiger partial charge in [-0.15, -0.1) is 0 Å². The minimum absolute atomic E-state index is 0.0985. The van der Waals surface area contributed by atoms with Gasteiger partial charge in [-0.05, 0) is 96.4 Å². The van der Waals surface area contributed by atoms with Crippen molar-refractivity contribution in [3.05, 3.63) is 87.2 Å². The van der Waals surface area contributed by atoms with Crippen LogP contribution in [-0.2, 0) is 14.4 Å². The SMILES string of the molecule is CCOc1cc(/C=C2\C(=O)NC(=O)N(c3ccc(F)cc3)C2=O)cc(Br)c1OCC(=O)Nc1ccc(C)cc1C. The van der Waals surface area contributed by atoms with Crippen molar-refractivity contribution in [2.75, 3.05) is 23.4 Å². The van der Waals surface area contributed by atoms with Gasteiger partial charge in [-0.3, -0.25) is 19.7 Å². The Morgan fingerprint density at radius 2 is 1.77 bits per heavy atom. The Labute approximate surface area is 238 Å². The van der Waals surface area contributed by atoms with E-state index < -0.39 is 23.7 Å². The number of ether oxygens (including phenoxy) is 2. The fourth-order valence-electron chi connectivity index (χ4n) is 4.00. The van der Waals surface area contributed by atoms with Gasteiger partial charge in [0.25, 0.3) is 17.7 Å². The number of hydrogen-bond acceptors (Lipinski definition) is 6. The number of barbiturate groups is 1. The summed E-state index contributed by atoms with van der Waals surface area (Å²) in [6.07, 6.45) is 1.30. The van der Waals surface area contributed by atoms with Gasteiger partial charge in [0, 0.05) is 5.69 Å². The van der Waals surface area contributed by atoms with Crippen LogP contribution < -0.4 is 25.0 Å². The zero-order chi connectivity index (χ0) is 29.0. The summed E-state index contributed by atoms with van der Waals surface area (Å²) in [6, 6.07) is 12.6. The number of halogens is 2. The molecule has 0 unspecified atom stereocenters. The Bertz CT molecular complexity index is 1540. The highest BCUT2D eigenvalue weighted by Gasteiger charge is 2.37. The fraction of sp³-hybridized carbons (Fsp3) is 0.172. The Morgan fingerprint density at radius 3 is 2.45 bits per heavy atom. The third-order valence-electron chi connectivity index (χ3n) is 5.83. The van der Waals surface area contributed by atoms with Crippen LogP contribution in [0.5, 0.6) is 11.5 Å². The standard InChI is InChI=1S/C29H25BrFN3O6/c1-4-39-24-14-18(12-21-27(36)33-29(38)34(28(21)37)20-8-6-19(31)7-9-20)13-22(30)26(24)40-15-25(35)32-23-10-5-16(2)11-17(23)3/h5-14H,4,15H2,1-3H3,(H,32,35)(H,33,36,38)/b21-12+. The number of hydrogen-bond donors (Lipinski definition) is 2. The second-order valence-corrected chi connectivity index (χ2v) is 9.71. The summed E-state index contributed by atoms with van der Waals surface area (Å²) in [6.45, 7) is 5.59. The van der Waals surface area contributed by atoms with Crippen LogP contribution in [0, 0.1) is 19.7 Å². The Balaban J connectivity index is 1.57. The first-order valence-electron chi connectivity index (χ1n) is 12.2. The van der Waals surface area contributed by atoms with Gasteiger partial charge in [-0.1, -0.05) is 17.7 Å². The molecule has 0 saturated carbocycles. The lowest BCUT2D eigenvalue weighted by atomic mass is 10.1. The van der Waals surface area contributed by atoms with E-state index >= 15 is 0 Å². The Morgan fingerprint density at radius 1 is 1.05 bits per heavy atom. The number of anilines is 2. The maximum atomic E-state index is 13.4. The van der Waals surface area contributed by atoms with Gasteiger partial charge in [-0.2, -0.15) is 0 Å². The van der Waals surface area contributed by atoms with E-state index in [1.54, 1.807) is 13.0 Å². The fourth-order valence-corrected chi connectivity index (χ4v) is 4.58. The molecule has 3 aromatic rings. The van der Waals surface area contributed by atoms with Crippen LogP contribution >= 0.6 is 15.9 Å². The molecule has 11 heteroatoms. The minimum atomic E-state index is -0.946. The highest BCUT2D eigenvalue weighted by atomic mass is 79.9. The molecular formula is C29H25BrFN3O6. The van der Waals surface area contributed by atoms with Gasteiger partial charge in [0.1, 0.15) is 11.4 Å². The first kappa shape index (κ1) is 28.5. The summed E-state index contributed by atoms with van der Waals surface area (Å²) < 4.78 is 25.2. The molecule has 206 valence electrons. The third kappa shape index (κ3) is 6.37. The molecule has 0 radical (unpaired) electrons. The molecule has 0 aromatic heterocycles. The first-order valence-corrected chi connectivity index (χ1v) is 13.0. The van der Waals surface area contributed by atoms with E-state index in [2.05, 4.69) is 26.6 Å².